The number of hydrogen-bond acceptors (Lipinski definition) is 2. The molecule has 0 aromatic heterocycles. The van der Waals surface area contributed by atoms with Crippen LogP contribution in [0.3, 0.4) is 0 Å². The van der Waals surface area contributed by atoms with E-state index in [0.29, 0.717) is 12.3 Å². The Hall–Kier alpha value is -1.35. The highest BCUT2D eigenvalue weighted by molar-refractivity contribution is 5.97. The molecule has 19 heavy (non-hydrogen) atoms. The zero-order valence-electron chi connectivity index (χ0n) is 12.4. The molecule has 104 valence electrons. The van der Waals surface area contributed by atoms with Gasteiger partial charge < -0.3 is 10.2 Å². The highest BCUT2D eigenvalue weighted by Crippen LogP contribution is 2.38. The molecule has 3 heteroatoms. The van der Waals surface area contributed by atoms with Gasteiger partial charge in [0.05, 0.1) is 0 Å². The monoisotopic (exact) mass is 260 g/mol. The van der Waals surface area contributed by atoms with Gasteiger partial charge in [-0.3, -0.25) is 4.79 Å². The van der Waals surface area contributed by atoms with Gasteiger partial charge in [-0.2, -0.15) is 0 Å². The molecule has 1 atom stereocenters. The normalized spacial score (nSPS) is 22.0. The minimum atomic E-state index is -0.131. The lowest BCUT2D eigenvalue weighted by Gasteiger charge is -2.36. The molecule has 1 aromatic carbocycles. The molecule has 1 fully saturated rings. The molecule has 0 radical (unpaired) electrons. The van der Waals surface area contributed by atoms with Crippen LogP contribution in [-0.2, 0) is 11.2 Å². The smallest absolute Gasteiger partial charge is 0.227 e. The quantitative estimate of drug-likeness (QED) is 0.902. The van der Waals surface area contributed by atoms with Crippen LogP contribution in [0.4, 0.5) is 5.69 Å². The maximum atomic E-state index is 12.3. The lowest BCUT2D eigenvalue weighted by molar-refractivity contribution is -0.117. The van der Waals surface area contributed by atoms with Crippen molar-refractivity contribution in [2.45, 2.75) is 39.2 Å². The number of rotatable bonds is 4. The van der Waals surface area contributed by atoms with Crippen LogP contribution in [0.5, 0.6) is 0 Å². The molecule has 1 aromatic rings. The van der Waals surface area contributed by atoms with Gasteiger partial charge in [0.1, 0.15) is 0 Å². The Kier molecular flexibility index (Phi) is 3.95. The van der Waals surface area contributed by atoms with E-state index in [9.17, 15) is 4.79 Å². The van der Waals surface area contributed by atoms with Crippen LogP contribution >= 0.6 is 0 Å². The van der Waals surface area contributed by atoms with Gasteiger partial charge in [-0.15, -0.1) is 0 Å². The van der Waals surface area contributed by atoms with Crippen LogP contribution in [0.25, 0.3) is 0 Å². The third kappa shape index (κ3) is 2.52. The number of aryl methyl sites for hydroxylation is 1. The zero-order chi connectivity index (χ0) is 14.0. The molecule has 0 spiro atoms. The average Bonchev–Trinajstić information content (AvgIpc) is 2.60. The summed E-state index contributed by atoms with van der Waals surface area (Å²) in [5, 5.41) is 3.20. The predicted octanol–water partition coefficient (Wildman–Crippen LogP) is 2.60. The summed E-state index contributed by atoms with van der Waals surface area (Å²) >= 11 is 0. The van der Waals surface area contributed by atoms with E-state index in [4.69, 9.17) is 0 Å². The first-order valence-corrected chi connectivity index (χ1v) is 7.07. The molecule has 3 nitrogen and oxygen atoms in total. The number of carbonyl (C=O) groups excluding carboxylic acids is 1. The van der Waals surface area contributed by atoms with Gasteiger partial charge in [0.25, 0.3) is 0 Å². The van der Waals surface area contributed by atoms with E-state index in [1.807, 2.05) is 11.9 Å². The summed E-state index contributed by atoms with van der Waals surface area (Å²) in [6.45, 7) is 7.34. The van der Waals surface area contributed by atoms with E-state index >= 15 is 0 Å². The summed E-state index contributed by atoms with van der Waals surface area (Å²) in [5.74, 6) is 0.588. The van der Waals surface area contributed by atoms with Gasteiger partial charge in [0, 0.05) is 30.1 Å². The molecule has 1 aliphatic heterocycles. The maximum absolute atomic E-state index is 12.3. The maximum Gasteiger partial charge on any atom is 0.227 e. The Morgan fingerprint density at radius 1 is 1.32 bits per heavy atom. The fourth-order valence-corrected chi connectivity index (χ4v) is 2.98. The van der Waals surface area contributed by atoms with Crippen LogP contribution in [0, 0.1) is 5.92 Å². The minimum Gasteiger partial charge on any atom is -0.319 e. The van der Waals surface area contributed by atoms with Gasteiger partial charge in [0.2, 0.25) is 5.91 Å². The molecule has 1 saturated heterocycles. The molecule has 0 saturated carbocycles. The van der Waals surface area contributed by atoms with Crippen molar-refractivity contribution in [1.29, 1.82) is 0 Å². The van der Waals surface area contributed by atoms with Crippen molar-refractivity contribution in [3.63, 3.8) is 0 Å². The summed E-state index contributed by atoms with van der Waals surface area (Å²) in [7, 11) is 1.94. The molecular weight excluding hydrogens is 236 g/mol. The number of benzene rings is 1. The average molecular weight is 260 g/mol. The molecule has 0 bridgehead atoms. The minimum absolute atomic E-state index is 0.131. The number of amides is 1. The first-order chi connectivity index (χ1) is 9.00. The fraction of sp³-hybridized carbons (Fsp3) is 0.562. The largest absolute Gasteiger partial charge is 0.319 e. The second-order valence-corrected chi connectivity index (χ2v) is 5.86. The van der Waals surface area contributed by atoms with Crippen molar-refractivity contribution in [3.05, 3.63) is 29.8 Å². The second-order valence-electron chi connectivity index (χ2n) is 5.86. The number of hydrogen-bond donors (Lipinski definition) is 1. The third-order valence-electron chi connectivity index (χ3n) is 4.30. The Morgan fingerprint density at radius 2 is 1.95 bits per heavy atom. The topological polar surface area (TPSA) is 32.3 Å². The van der Waals surface area contributed by atoms with E-state index < -0.39 is 0 Å². The van der Waals surface area contributed by atoms with E-state index in [1.54, 1.807) is 0 Å². The molecular formula is C16H24N2O. The summed E-state index contributed by atoms with van der Waals surface area (Å²) < 4.78 is 0. The van der Waals surface area contributed by atoms with Crippen molar-refractivity contribution in [2.75, 3.05) is 18.5 Å². The van der Waals surface area contributed by atoms with Crippen molar-refractivity contribution < 1.29 is 4.79 Å². The van der Waals surface area contributed by atoms with Crippen molar-refractivity contribution in [3.8, 4) is 0 Å². The molecule has 0 aliphatic carbocycles. The molecule has 1 N–H and O–H groups in total. The van der Waals surface area contributed by atoms with Gasteiger partial charge in [0.15, 0.2) is 0 Å². The van der Waals surface area contributed by atoms with E-state index in [-0.39, 0.29) is 11.4 Å². The van der Waals surface area contributed by atoms with E-state index in [2.05, 4.69) is 50.4 Å². The Bertz CT molecular complexity index is 450. The Labute approximate surface area is 116 Å². The summed E-state index contributed by atoms with van der Waals surface area (Å²) in [5.41, 5.74) is 2.19. The first-order valence-electron chi connectivity index (χ1n) is 7.07. The highest BCUT2D eigenvalue weighted by Gasteiger charge is 2.46. The third-order valence-corrected chi connectivity index (χ3v) is 4.30. The fourth-order valence-electron chi connectivity index (χ4n) is 2.98. The lowest BCUT2D eigenvalue weighted by atomic mass is 9.88. The molecule has 1 aliphatic rings. The van der Waals surface area contributed by atoms with Crippen molar-refractivity contribution in [1.82, 2.24) is 5.32 Å². The van der Waals surface area contributed by atoms with E-state index in [0.717, 1.165) is 18.7 Å². The Morgan fingerprint density at radius 3 is 2.47 bits per heavy atom. The van der Waals surface area contributed by atoms with E-state index in [1.165, 1.54) is 5.56 Å². The number of carbonyl (C=O) groups is 1. The van der Waals surface area contributed by atoms with Gasteiger partial charge in [-0.05, 0) is 45.0 Å². The number of nitrogens with zero attached hydrogens (tertiary/aromatic N) is 1. The van der Waals surface area contributed by atoms with Crippen LogP contribution < -0.4 is 10.2 Å². The number of anilines is 1. The summed E-state index contributed by atoms with van der Waals surface area (Å²) in [6.07, 6.45) is 1.66. The lowest BCUT2D eigenvalue weighted by Crippen LogP contribution is -2.46. The molecule has 1 amide bonds. The highest BCUT2D eigenvalue weighted by atomic mass is 16.2. The van der Waals surface area contributed by atoms with Gasteiger partial charge in [-0.25, -0.2) is 0 Å². The molecule has 1 heterocycles. The van der Waals surface area contributed by atoms with Crippen LogP contribution in [0.1, 0.15) is 32.8 Å². The van der Waals surface area contributed by atoms with Crippen LogP contribution in [0.2, 0.25) is 0 Å². The number of nitrogens with one attached hydrogen (secondary N) is 1. The molecule has 2 rings (SSSR count). The van der Waals surface area contributed by atoms with Crippen LogP contribution in [0.15, 0.2) is 24.3 Å². The van der Waals surface area contributed by atoms with Gasteiger partial charge >= 0.3 is 0 Å². The SMILES string of the molecule is CCc1ccc(N2C(=O)CC(CNC)C2(C)C)cc1. The molecule has 1 unspecified atom stereocenters. The van der Waals surface area contributed by atoms with Gasteiger partial charge in [-0.1, -0.05) is 19.1 Å². The first kappa shape index (κ1) is 14.1. The standard InChI is InChI=1S/C16H24N2O/c1-5-12-6-8-14(9-7-12)18-15(19)10-13(11-17-4)16(18,2)3/h6-9,13,17H,5,10-11H2,1-4H3. The predicted molar refractivity (Wildman–Crippen MR) is 79.4 cm³/mol. The van der Waals surface area contributed by atoms with Crippen molar-refractivity contribution in [2.24, 2.45) is 5.92 Å². The summed E-state index contributed by atoms with van der Waals surface area (Å²) in [4.78, 5) is 14.3. The Balaban J connectivity index is 2.29. The second kappa shape index (κ2) is 5.33. The van der Waals surface area contributed by atoms with Crippen LogP contribution in [-0.4, -0.2) is 25.0 Å². The summed E-state index contributed by atoms with van der Waals surface area (Å²) in [6, 6.07) is 8.37. The zero-order valence-corrected chi connectivity index (χ0v) is 12.4. The van der Waals surface area contributed by atoms with Crippen molar-refractivity contribution >= 4 is 11.6 Å².